The minimum Gasteiger partial charge on any atom is -0.493 e. The number of amides is 2. The van der Waals surface area contributed by atoms with Gasteiger partial charge in [-0.1, -0.05) is 23.7 Å². The average Bonchev–Trinajstić information content (AvgIpc) is 2.78. The topological polar surface area (TPSA) is 67.9 Å². The van der Waals surface area contributed by atoms with Gasteiger partial charge in [-0.15, -0.1) is 0 Å². The molecule has 1 N–H and O–H groups in total. The molecule has 31 heavy (non-hydrogen) atoms. The standard InChI is InChI=1S/C24H29ClN2O4/c1-3-31-21-9-7-17(15-22(21)30-2)8-10-23(28)26-20-11-13-27(14-12-20)24(29)18-5-4-6-19(25)16-18/h4-7,9,15-16,20H,3,8,10-14H2,1-2H3,(H,26,28). The van der Waals surface area contributed by atoms with Gasteiger partial charge in [0.25, 0.3) is 5.91 Å². The van der Waals surface area contributed by atoms with Gasteiger partial charge in [0.05, 0.1) is 13.7 Å². The molecule has 0 bridgehead atoms. The van der Waals surface area contributed by atoms with E-state index in [1.807, 2.05) is 30.0 Å². The van der Waals surface area contributed by atoms with Crippen molar-refractivity contribution in [2.45, 2.75) is 38.6 Å². The number of nitrogens with one attached hydrogen (secondary N) is 1. The maximum atomic E-state index is 12.6. The molecule has 0 atom stereocenters. The van der Waals surface area contributed by atoms with Crippen LogP contribution in [0.15, 0.2) is 42.5 Å². The number of piperidine rings is 1. The fourth-order valence-electron chi connectivity index (χ4n) is 3.73. The van der Waals surface area contributed by atoms with Crippen molar-refractivity contribution in [3.8, 4) is 11.5 Å². The summed E-state index contributed by atoms with van der Waals surface area (Å²) in [5, 5.41) is 3.66. The second kappa shape index (κ2) is 11.0. The van der Waals surface area contributed by atoms with E-state index in [9.17, 15) is 9.59 Å². The molecule has 1 saturated heterocycles. The Kier molecular flexibility index (Phi) is 8.18. The number of likely N-dealkylation sites (tertiary alicyclic amines) is 1. The minimum atomic E-state index is -0.0169. The van der Waals surface area contributed by atoms with Crippen molar-refractivity contribution in [3.63, 3.8) is 0 Å². The summed E-state index contributed by atoms with van der Waals surface area (Å²) < 4.78 is 10.9. The van der Waals surface area contributed by atoms with Crippen LogP contribution < -0.4 is 14.8 Å². The minimum absolute atomic E-state index is 0.0169. The molecule has 0 radical (unpaired) electrons. The third-order valence-electron chi connectivity index (χ3n) is 5.39. The van der Waals surface area contributed by atoms with Crippen LogP contribution in [0.1, 0.15) is 42.1 Å². The Balaban J connectivity index is 1.44. The number of nitrogens with zero attached hydrogens (tertiary/aromatic N) is 1. The van der Waals surface area contributed by atoms with Crippen molar-refractivity contribution in [3.05, 3.63) is 58.6 Å². The Morgan fingerprint density at radius 2 is 1.90 bits per heavy atom. The Labute approximate surface area is 188 Å². The van der Waals surface area contributed by atoms with E-state index in [0.29, 0.717) is 54.6 Å². The van der Waals surface area contributed by atoms with Gasteiger partial charge in [-0.3, -0.25) is 9.59 Å². The monoisotopic (exact) mass is 444 g/mol. The van der Waals surface area contributed by atoms with Crippen LogP contribution in [0.4, 0.5) is 0 Å². The summed E-state index contributed by atoms with van der Waals surface area (Å²) in [6.45, 7) is 3.73. The summed E-state index contributed by atoms with van der Waals surface area (Å²) in [4.78, 5) is 26.9. The Morgan fingerprint density at radius 3 is 2.58 bits per heavy atom. The van der Waals surface area contributed by atoms with E-state index in [1.165, 1.54) is 0 Å². The van der Waals surface area contributed by atoms with Crippen molar-refractivity contribution < 1.29 is 19.1 Å². The number of hydrogen-bond acceptors (Lipinski definition) is 4. The summed E-state index contributed by atoms with van der Waals surface area (Å²) in [5.41, 5.74) is 1.62. The molecule has 2 amide bonds. The number of carbonyl (C=O) groups excluding carboxylic acids is 2. The maximum Gasteiger partial charge on any atom is 0.253 e. The number of benzene rings is 2. The lowest BCUT2D eigenvalue weighted by Gasteiger charge is -2.32. The highest BCUT2D eigenvalue weighted by Gasteiger charge is 2.24. The molecule has 7 heteroatoms. The molecule has 0 aromatic heterocycles. The van der Waals surface area contributed by atoms with Crippen LogP contribution in [0.25, 0.3) is 0 Å². The molecule has 1 heterocycles. The quantitative estimate of drug-likeness (QED) is 0.665. The first kappa shape index (κ1) is 22.9. The van der Waals surface area contributed by atoms with Crippen LogP contribution in [0, 0.1) is 0 Å². The third-order valence-corrected chi connectivity index (χ3v) is 5.62. The van der Waals surface area contributed by atoms with Crippen molar-refractivity contribution in [2.75, 3.05) is 26.8 Å². The molecule has 2 aromatic carbocycles. The van der Waals surface area contributed by atoms with Gasteiger partial charge in [0.2, 0.25) is 5.91 Å². The first-order chi connectivity index (χ1) is 15.0. The molecule has 0 aliphatic carbocycles. The van der Waals surface area contributed by atoms with E-state index >= 15 is 0 Å². The van der Waals surface area contributed by atoms with Gasteiger partial charge in [0, 0.05) is 36.1 Å². The van der Waals surface area contributed by atoms with E-state index in [1.54, 1.807) is 31.4 Å². The molecule has 3 rings (SSSR count). The smallest absolute Gasteiger partial charge is 0.253 e. The summed E-state index contributed by atoms with van der Waals surface area (Å²) in [5.74, 6) is 1.39. The fraction of sp³-hybridized carbons (Fsp3) is 0.417. The number of halogens is 1. The molecule has 0 spiro atoms. The second-order valence-electron chi connectivity index (χ2n) is 7.56. The highest BCUT2D eigenvalue weighted by Crippen LogP contribution is 2.28. The van der Waals surface area contributed by atoms with Gasteiger partial charge < -0.3 is 19.7 Å². The zero-order valence-corrected chi connectivity index (χ0v) is 18.8. The lowest BCUT2D eigenvalue weighted by Crippen LogP contribution is -2.46. The highest BCUT2D eigenvalue weighted by atomic mass is 35.5. The van der Waals surface area contributed by atoms with Crippen LogP contribution in [0.3, 0.4) is 0 Å². The van der Waals surface area contributed by atoms with E-state index in [4.69, 9.17) is 21.1 Å². The van der Waals surface area contributed by atoms with Gasteiger partial charge in [-0.2, -0.15) is 0 Å². The summed E-state index contributed by atoms with van der Waals surface area (Å²) >= 11 is 5.99. The predicted octanol–water partition coefficient (Wildman–Crippen LogP) is 4.10. The number of carbonyl (C=O) groups is 2. The zero-order chi connectivity index (χ0) is 22.2. The van der Waals surface area contributed by atoms with E-state index in [0.717, 1.165) is 18.4 Å². The Hall–Kier alpha value is -2.73. The lowest BCUT2D eigenvalue weighted by atomic mass is 10.0. The molecule has 1 aliphatic rings. The van der Waals surface area contributed by atoms with Gasteiger partial charge in [0.15, 0.2) is 11.5 Å². The fourth-order valence-corrected chi connectivity index (χ4v) is 3.92. The lowest BCUT2D eigenvalue weighted by molar-refractivity contribution is -0.122. The van der Waals surface area contributed by atoms with Gasteiger partial charge in [-0.05, 0) is 62.1 Å². The first-order valence-corrected chi connectivity index (χ1v) is 11.0. The molecule has 1 fully saturated rings. The molecular weight excluding hydrogens is 416 g/mol. The molecular formula is C24H29ClN2O4. The Bertz CT molecular complexity index is 910. The van der Waals surface area contributed by atoms with Gasteiger partial charge in [-0.25, -0.2) is 0 Å². The van der Waals surface area contributed by atoms with E-state index < -0.39 is 0 Å². The number of aryl methyl sites for hydroxylation is 1. The highest BCUT2D eigenvalue weighted by molar-refractivity contribution is 6.30. The average molecular weight is 445 g/mol. The second-order valence-corrected chi connectivity index (χ2v) is 8.00. The molecule has 166 valence electrons. The largest absolute Gasteiger partial charge is 0.493 e. The third kappa shape index (κ3) is 6.37. The predicted molar refractivity (Wildman–Crippen MR) is 121 cm³/mol. The van der Waals surface area contributed by atoms with Crippen LogP contribution in [0.5, 0.6) is 11.5 Å². The molecule has 6 nitrogen and oxygen atoms in total. The number of ether oxygens (including phenoxy) is 2. The van der Waals surface area contributed by atoms with E-state index in [-0.39, 0.29) is 17.9 Å². The SMILES string of the molecule is CCOc1ccc(CCC(=O)NC2CCN(C(=O)c3cccc(Cl)c3)CC2)cc1OC. The van der Waals surface area contributed by atoms with Crippen LogP contribution in [0.2, 0.25) is 5.02 Å². The Morgan fingerprint density at radius 1 is 1.13 bits per heavy atom. The summed E-state index contributed by atoms with van der Waals surface area (Å²) in [7, 11) is 1.61. The van der Waals surface area contributed by atoms with Crippen LogP contribution >= 0.6 is 11.6 Å². The van der Waals surface area contributed by atoms with Crippen molar-refractivity contribution in [1.82, 2.24) is 10.2 Å². The van der Waals surface area contributed by atoms with Crippen molar-refractivity contribution in [2.24, 2.45) is 0 Å². The summed E-state index contributed by atoms with van der Waals surface area (Å²) in [6, 6.07) is 12.8. The normalized spacial score (nSPS) is 14.2. The van der Waals surface area contributed by atoms with Crippen LogP contribution in [-0.2, 0) is 11.2 Å². The molecule has 0 saturated carbocycles. The maximum absolute atomic E-state index is 12.6. The van der Waals surface area contributed by atoms with Crippen LogP contribution in [-0.4, -0.2) is 49.6 Å². The first-order valence-electron chi connectivity index (χ1n) is 10.6. The number of rotatable bonds is 8. The molecule has 2 aromatic rings. The van der Waals surface area contributed by atoms with Crippen molar-refractivity contribution in [1.29, 1.82) is 0 Å². The van der Waals surface area contributed by atoms with E-state index in [2.05, 4.69) is 5.32 Å². The summed E-state index contributed by atoms with van der Waals surface area (Å²) in [6.07, 6.45) is 2.52. The van der Waals surface area contributed by atoms with Gasteiger partial charge in [0.1, 0.15) is 0 Å². The number of methoxy groups -OCH3 is 1. The molecule has 1 aliphatic heterocycles. The number of hydrogen-bond donors (Lipinski definition) is 1. The van der Waals surface area contributed by atoms with Gasteiger partial charge >= 0.3 is 0 Å². The zero-order valence-electron chi connectivity index (χ0n) is 18.0. The molecule has 0 unspecified atom stereocenters. The van der Waals surface area contributed by atoms with Crippen molar-refractivity contribution >= 4 is 23.4 Å².